The van der Waals surface area contributed by atoms with Gasteiger partial charge in [0.15, 0.2) is 0 Å². The van der Waals surface area contributed by atoms with Gasteiger partial charge in [0.1, 0.15) is 23.5 Å². The van der Waals surface area contributed by atoms with E-state index in [2.05, 4.69) is 31.1 Å². The number of benzene rings is 4. The molecule has 4 aromatic carbocycles. The zero-order valence-corrected chi connectivity index (χ0v) is 21.1. The highest BCUT2D eigenvalue weighted by Gasteiger charge is 2.04. The summed E-state index contributed by atoms with van der Waals surface area (Å²) in [6.45, 7) is 1.35. The summed E-state index contributed by atoms with van der Waals surface area (Å²) in [5, 5.41) is 59.7. The molecule has 0 unspecified atom stereocenters. The highest BCUT2D eigenvalue weighted by atomic mass is 15.1. The molecule has 4 rings (SSSR count). The standard InChI is InChI=1S/C30H20N10/c31-17-21-1-11-29(23(15-21)19-33)39-37-27-7-3-25(4-8-27)35-13-14-36-26-5-9-28(10-6-26)38-40-30-12-2-22(18-32)16-24(30)20-34/h1-12,15-16,35-36H,13-14H2. The lowest BCUT2D eigenvalue weighted by molar-refractivity contribution is 1.08. The molecule has 190 valence electrons. The van der Waals surface area contributed by atoms with Crippen LogP contribution in [0.15, 0.2) is 105 Å². The minimum atomic E-state index is 0.296. The molecule has 0 saturated heterocycles. The van der Waals surface area contributed by atoms with Crippen LogP contribution in [0.2, 0.25) is 0 Å². The number of nitriles is 4. The molecule has 0 aliphatic rings. The minimum Gasteiger partial charge on any atom is -0.383 e. The van der Waals surface area contributed by atoms with Crippen LogP contribution >= 0.6 is 0 Å². The maximum atomic E-state index is 9.25. The molecular formula is C30H20N10. The van der Waals surface area contributed by atoms with Crippen LogP contribution in [0.3, 0.4) is 0 Å². The van der Waals surface area contributed by atoms with Crippen molar-refractivity contribution >= 4 is 34.1 Å². The van der Waals surface area contributed by atoms with Gasteiger partial charge in [-0.05, 0) is 84.9 Å². The molecule has 0 spiro atoms. The van der Waals surface area contributed by atoms with Gasteiger partial charge in [-0.1, -0.05) is 0 Å². The van der Waals surface area contributed by atoms with E-state index >= 15 is 0 Å². The second kappa shape index (κ2) is 13.3. The van der Waals surface area contributed by atoms with Crippen molar-refractivity contribution in [2.24, 2.45) is 20.5 Å². The third kappa shape index (κ3) is 7.11. The predicted octanol–water partition coefficient (Wildman–Crippen LogP) is 7.53. The fraction of sp³-hybridized carbons (Fsp3) is 0.0667. The maximum Gasteiger partial charge on any atom is 0.104 e. The van der Waals surface area contributed by atoms with E-state index in [0.29, 0.717) is 58.1 Å². The molecule has 4 aromatic rings. The van der Waals surface area contributed by atoms with Crippen molar-refractivity contribution in [1.29, 1.82) is 21.0 Å². The highest BCUT2D eigenvalue weighted by molar-refractivity contribution is 5.58. The van der Waals surface area contributed by atoms with Crippen molar-refractivity contribution in [3.63, 3.8) is 0 Å². The Morgan fingerprint density at radius 2 is 0.875 bits per heavy atom. The molecule has 0 radical (unpaired) electrons. The molecule has 0 fully saturated rings. The van der Waals surface area contributed by atoms with Crippen LogP contribution in [-0.4, -0.2) is 13.1 Å². The average Bonchev–Trinajstić information content (AvgIpc) is 3.02. The first-order valence-electron chi connectivity index (χ1n) is 12.0. The first-order chi connectivity index (χ1) is 19.6. The van der Waals surface area contributed by atoms with Crippen LogP contribution in [0.5, 0.6) is 0 Å². The van der Waals surface area contributed by atoms with Crippen LogP contribution in [0.4, 0.5) is 34.1 Å². The first kappa shape index (κ1) is 26.7. The summed E-state index contributed by atoms with van der Waals surface area (Å²) >= 11 is 0. The van der Waals surface area contributed by atoms with Crippen LogP contribution in [0.25, 0.3) is 0 Å². The van der Waals surface area contributed by atoms with Crippen LogP contribution in [0, 0.1) is 45.3 Å². The molecule has 0 bridgehead atoms. The fourth-order valence-corrected chi connectivity index (χ4v) is 3.49. The summed E-state index contributed by atoms with van der Waals surface area (Å²) in [4.78, 5) is 0. The van der Waals surface area contributed by atoms with E-state index < -0.39 is 0 Å². The number of hydrogen-bond acceptors (Lipinski definition) is 10. The van der Waals surface area contributed by atoms with Gasteiger partial charge in [0, 0.05) is 24.5 Å². The van der Waals surface area contributed by atoms with E-state index in [1.807, 2.05) is 72.8 Å². The van der Waals surface area contributed by atoms with Crippen molar-refractivity contribution in [1.82, 2.24) is 0 Å². The van der Waals surface area contributed by atoms with Gasteiger partial charge >= 0.3 is 0 Å². The number of hydrogen-bond donors (Lipinski definition) is 2. The van der Waals surface area contributed by atoms with Gasteiger partial charge in [-0.2, -0.15) is 31.3 Å². The average molecular weight is 521 g/mol. The SMILES string of the molecule is N#Cc1ccc(N=Nc2ccc(NCCNc3ccc(N=Nc4ccc(C#N)cc4C#N)cc3)cc2)c(C#N)c1. The van der Waals surface area contributed by atoms with Crippen LogP contribution < -0.4 is 10.6 Å². The summed E-state index contributed by atoms with van der Waals surface area (Å²) in [6.07, 6.45) is 0. The van der Waals surface area contributed by atoms with Gasteiger partial charge in [0.05, 0.1) is 45.8 Å². The maximum absolute atomic E-state index is 9.25. The van der Waals surface area contributed by atoms with E-state index in [1.54, 1.807) is 24.3 Å². The third-order valence-electron chi connectivity index (χ3n) is 5.56. The largest absolute Gasteiger partial charge is 0.383 e. The van der Waals surface area contributed by atoms with E-state index in [4.69, 9.17) is 10.5 Å². The van der Waals surface area contributed by atoms with Gasteiger partial charge < -0.3 is 10.6 Å². The summed E-state index contributed by atoms with van der Waals surface area (Å²) in [6, 6.07) is 32.3. The Bertz CT molecular complexity index is 1600. The summed E-state index contributed by atoms with van der Waals surface area (Å²) in [5.41, 5.74) is 5.32. The van der Waals surface area contributed by atoms with Gasteiger partial charge in [-0.15, -0.1) is 10.2 Å². The van der Waals surface area contributed by atoms with Crippen molar-refractivity contribution < 1.29 is 0 Å². The van der Waals surface area contributed by atoms with Gasteiger partial charge in [-0.25, -0.2) is 0 Å². The summed E-state index contributed by atoms with van der Waals surface area (Å²) in [7, 11) is 0. The smallest absolute Gasteiger partial charge is 0.104 e. The highest BCUT2D eigenvalue weighted by Crippen LogP contribution is 2.25. The molecule has 40 heavy (non-hydrogen) atoms. The van der Waals surface area contributed by atoms with E-state index in [0.717, 1.165) is 11.4 Å². The van der Waals surface area contributed by atoms with Gasteiger partial charge in [0.25, 0.3) is 0 Å². The van der Waals surface area contributed by atoms with Crippen molar-refractivity contribution in [3.05, 3.63) is 107 Å². The number of nitrogens with zero attached hydrogens (tertiary/aromatic N) is 8. The fourth-order valence-electron chi connectivity index (χ4n) is 3.49. The summed E-state index contributed by atoms with van der Waals surface area (Å²) in [5.74, 6) is 0. The molecular weight excluding hydrogens is 500 g/mol. The number of rotatable bonds is 9. The first-order valence-corrected chi connectivity index (χ1v) is 12.0. The molecule has 0 saturated carbocycles. The second-order valence-electron chi connectivity index (χ2n) is 8.26. The Kier molecular flexibility index (Phi) is 8.85. The lowest BCUT2D eigenvalue weighted by atomic mass is 10.1. The van der Waals surface area contributed by atoms with E-state index in [9.17, 15) is 10.5 Å². The molecule has 0 heterocycles. The number of anilines is 2. The van der Waals surface area contributed by atoms with Crippen molar-refractivity contribution in [3.8, 4) is 24.3 Å². The molecule has 2 N–H and O–H groups in total. The summed E-state index contributed by atoms with van der Waals surface area (Å²) < 4.78 is 0. The predicted molar refractivity (Wildman–Crippen MR) is 150 cm³/mol. The lowest BCUT2D eigenvalue weighted by Gasteiger charge is -2.09. The Morgan fingerprint density at radius 1 is 0.475 bits per heavy atom. The van der Waals surface area contributed by atoms with Crippen LogP contribution in [0.1, 0.15) is 22.3 Å². The zero-order chi connectivity index (χ0) is 28.2. The molecule has 0 amide bonds. The normalized spacial score (nSPS) is 10.4. The Balaban J connectivity index is 1.24. The van der Waals surface area contributed by atoms with Gasteiger partial charge in [0.2, 0.25) is 0 Å². The quantitative estimate of drug-likeness (QED) is 0.171. The Hall–Kier alpha value is -6.36. The van der Waals surface area contributed by atoms with Crippen molar-refractivity contribution in [2.75, 3.05) is 23.7 Å². The van der Waals surface area contributed by atoms with Gasteiger partial charge in [-0.3, -0.25) is 0 Å². The molecule has 0 aromatic heterocycles. The monoisotopic (exact) mass is 520 g/mol. The zero-order valence-electron chi connectivity index (χ0n) is 21.1. The molecule has 0 atom stereocenters. The van der Waals surface area contributed by atoms with E-state index in [1.165, 1.54) is 12.1 Å². The second-order valence-corrected chi connectivity index (χ2v) is 8.26. The lowest BCUT2D eigenvalue weighted by Crippen LogP contribution is -2.13. The topological polar surface area (TPSA) is 169 Å². The number of azo groups is 2. The van der Waals surface area contributed by atoms with Crippen molar-refractivity contribution in [2.45, 2.75) is 0 Å². The molecule has 0 aliphatic heterocycles. The molecule has 10 nitrogen and oxygen atoms in total. The Morgan fingerprint density at radius 3 is 1.23 bits per heavy atom. The third-order valence-corrected chi connectivity index (χ3v) is 5.56. The molecule has 0 aliphatic carbocycles. The Labute approximate surface area is 230 Å². The number of nitrogens with one attached hydrogen (secondary N) is 2. The molecule has 10 heteroatoms. The van der Waals surface area contributed by atoms with Crippen LogP contribution in [-0.2, 0) is 0 Å². The minimum absolute atomic E-state index is 0.296. The van der Waals surface area contributed by atoms with E-state index in [-0.39, 0.29) is 0 Å².